The molecule has 0 aliphatic carbocycles. The zero-order valence-electron chi connectivity index (χ0n) is 13.7. The first-order valence-corrected chi connectivity index (χ1v) is 7.75. The van der Waals surface area contributed by atoms with Crippen LogP contribution in [0.15, 0.2) is 18.2 Å². The maximum Gasteiger partial charge on any atom is 0.410 e. The van der Waals surface area contributed by atoms with E-state index in [4.69, 9.17) is 4.74 Å². The van der Waals surface area contributed by atoms with Gasteiger partial charge < -0.3 is 14.7 Å². The lowest BCUT2D eigenvalue weighted by Gasteiger charge is -2.38. The van der Waals surface area contributed by atoms with Gasteiger partial charge in [-0.1, -0.05) is 6.07 Å². The van der Waals surface area contributed by atoms with Crippen molar-refractivity contribution in [1.29, 1.82) is 0 Å². The van der Waals surface area contributed by atoms with E-state index in [2.05, 4.69) is 0 Å². The average molecular weight is 327 g/mol. The van der Waals surface area contributed by atoms with Crippen LogP contribution in [0.1, 0.15) is 38.7 Å². The summed E-state index contributed by atoms with van der Waals surface area (Å²) < 4.78 is 31.9. The number of aliphatic hydroxyl groups is 1. The summed E-state index contributed by atoms with van der Waals surface area (Å²) in [5.41, 5.74) is 0.0645. The molecular formula is C17H23F2NO3. The van der Waals surface area contributed by atoms with Crippen molar-refractivity contribution in [3.63, 3.8) is 0 Å². The molecule has 4 nitrogen and oxygen atoms in total. The maximum atomic E-state index is 13.4. The van der Waals surface area contributed by atoms with E-state index in [1.54, 1.807) is 25.7 Å². The molecule has 1 aromatic rings. The van der Waals surface area contributed by atoms with E-state index in [-0.39, 0.29) is 18.4 Å². The van der Waals surface area contributed by atoms with E-state index >= 15 is 0 Å². The summed E-state index contributed by atoms with van der Waals surface area (Å²) in [5, 5.41) is 9.63. The third kappa shape index (κ3) is 4.41. The number of hydrogen-bond donors (Lipinski definition) is 1. The second kappa shape index (κ2) is 6.83. The molecule has 1 unspecified atom stereocenters. The van der Waals surface area contributed by atoms with E-state index in [9.17, 15) is 18.7 Å². The van der Waals surface area contributed by atoms with Gasteiger partial charge in [0.2, 0.25) is 0 Å². The zero-order valence-corrected chi connectivity index (χ0v) is 13.7. The summed E-state index contributed by atoms with van der Waals surface area (Å²) in [6.45, 7) is 6.03. The monoisotopic (exact) mass is 327 g/mol. The Morgan fingerprint density at radius 2 is 2.04 bits per heavy atom. The van der Waals surface area contributed by atoms with E-state index in [0.29, 0.717) is 25.1 Å². The van der Waals surface area contributed by atoms with E-state index in [1.165, 1.54) is 12.1 Å². The van der Waals surface area contributed by atoms with Crippen molar-refractivity contribution < 1.29 is 23.4 Å². The molecule has 0 saturated carbocycles. The second-order valence-electron chi connectivity index (χ2n) is 6.94. The molecular weight excluding hydrogens is 304 g/mol. The molecule has 1 fully saturated rings. The van der Waals surface area contributed by atoms with Crippen molar-refractivity contribution in [3.05, 3.63) is 35.4 Å². The molecule has 1 N–H and O–H groups in total. The van der Waals surface area contributed by atoms with Gasteiger partial charge >= 0.3 is 6.09 Å². The average Bonchev–Trinajstić information content (AvgIpc) is 2.47. The van der Waals surface area contributed by atoms with Gasteiger partial charge in [-0.15, -0.1) is 0 Å². The summed E-state index contributed by atoms with van der Waals surface area (Å²) in [6.07, 6.45) is 0.148. The van der Waals surface area contributed by atoms with Crippen molar-refractivity contribution in [2.45, 2.75) is 38.7 Å². The van der Waals surface area contributed by atoms with E-state index in [1.807, 2.05) is 0 Å². The third-order valence-electron chi connectivity index (χ3n) is 3.99. The highest BCUT2D eigenvalue weighted by molar-refractivity contribution is 5.68. The van der Waals surface area contributed by atoms with Crippen LogP contribution in [0.25, 0.3) is 0 Å². The number of aliphatic hydroxyl groups excluding tert-OH is 1. The molecule has 128 valence electrons. The van der Waals surface area contributed by atoms with Crippen LogP contribution >= 0.6 is 0 Å². The zero-order chi connectivity index (χ0) is 17.2. The Balaban J connectivity index is 2.09. The normalized spacial score (nSPS) is 22.1. The number of carbonyl (C=O) groups is 1. The first-order chi connectivity index (χ1) is 10.7. The van der Waals surface area contributed by atoms with E-state index in [0.717, 1.165) is 6.07 Å². The molecule has 1 saturated heterocycles. The number of carbonyl (C=O) groups excluding carboxylic acids is 1. The van der Waals surface area contributed by atoms with Gasteiger partial charge in [-0.25, -0.2) is 13.6 Å². The van der Waals surface area contributed by atoms with Crippen LogP contribution in [0.2, 0.25) is 0 Å². The number of hydrogen-bond acceptors (Lipinski definition) is 3. The minimum Gasteiger partial charge on any atom is -0.444 e. The van der Waals surface area contributed by atoms with E-state index < -0.39 is 23.3 Å². The number of benzene rings is 1. The number of rotatable bonds is 2. The van der Waals surface area contributed by atoms with Gasteiger partial charge in [0.15, 0.2) is 11.6 Å². The van der Waals surface area contributed by atoms with Crippen LogP contribution in [0.4, 0.5) is 13.6 Å². The van der Waals surface area contributed by atoms with Crippen LogP contribution in [-0.2, 0) is 4.74 Å². The topological polar surface area (TPSA) is 49.8 Å². The van der Waals surface area contributed by atoms with Gasteiger partial charge in [0.1, 0.15) is 5.60 Å². The van der Waals surface area contributed by atoms with Gasteiger partial charge in [0, 0.05) is 25.6 Å². The van der Waals surface area contributed by atoms with Gasteiger partial charge in [0.05, 0.1) is 0 Å². The fourth-order valence-electron chi connectivity index (χ4n) is 2.89. The lowest BCUT2D eigenvalue weighted by Crippen LogP contribution is -2.46. The van der Waals surface area contributed by atoms with Crippen molar-refractivity contribution in [3.8, 4) is 0 Å². The van der Waals surface area contributed by atoms with Crippen LogP contribution < -0.4 is 0 Å². The highest BCUT2D eigenvalue weighted by atomic mass is 19.2. The Morgan fingerprint density at radius 1 is 1.35 bits per heavy atom. The Kier molecular flexibility index (Phi) is 5.24. The minimum atomic E-state index is -0.895. The van der Waals surface area contributed by atoms with Crippen molar-refractivity contribution >= 4 is 6.09 Å². The molecule has 23 heavy (non-hydrogen) atoms. The summed E-state index contributed by atoms with van der Waals surface area (Å²) in [7, 11) is 0. The highest BCUT2D eigenvalue weighted by Crippen LogP contribution is 2.34. The number of nitrogens with zero attached hydrogens (tertiary/aromatic N) is 1. The molecule has 1 aromatic carbocycles. The molecule has 1 heterocycles. The standard InChI is InChI=1S/C17H23F2NO3/c1-17(2,3)23-16(22)20-7-6-13(12(9-20)10-21)11-4-5-14(18)15(19)8-11/h4-5,8,12-13,21H,6-7,9-10H2,1-3H3/t12-,13?/m0/s1. The molecule has 6 heteroatoms. The minimum absolute atomic E-state index is 0.117. The Morgan fingerprint density at radius 3 is 2.61 bits per heavy atom. The Labute approximate surface area is 135 Å². The lowest BCUT2D eigenvalue weighted by molar-refractivity contribution is 0.0101. The van der Waals surface area contributed by atoms with Gasteiger partial charge in [-0.3, -0.25) is 0 Å². The Bertz CT molecular complexity index is 571. The van der Waals surface area contributed by atoms with Crippen LogP contribution in [0, 0.1) is 17.6 Å². The summed E-state index contributed by atoms with van der Waals surface area (Å²) in [6, 6.07) is 3.81. The third-order valence-corrected chi connectivity index (χ3v) is 3.99. The Hall–Kier alpha value is -1.69. The maximum absolute atomic E-state index is 13.4. The van der Waals surface area contributed by atoms with Crippen LogP contribution in [0.5, 0.6) is 0 Å². The molecule has 0 bridgehead atoms. The number of piperidine rings is 1. The number of amides is 1. The molecule has 0 spiro atoms. The first-order valence-electron chi connectivity index (χ1n) is 7.75. The molecule has 1 amide bonds. The number of likely N-dealkylation sites (tertiary alicyclic amines) is 1. The predicted octanol–water partition coefficient (Wildman–Crippen LogP) is 3.30. The van der Waals surface area contributed by atoms with Gasteiger partial charge in [-0.05, 0) is 50.8 Å². The fourth-order valence-corrected chi connectivity index (χ4v) is 2.89. The quantitative estimate of drug-likeness (QED) is 0.907. The van der Waals surface area contributed by atoms with Gasteiger partial charge in [-0.2, -0.15) is 0 Å². The van der Waals surface area contributed by atoms with Crippen LogP contribution in [0.3, 0.4) is 0 Å². The largest absolute Gasteiger partial charge is 0.444 e. The number of ether oxygens (including phenoxy) is 1. The molecule has 2 rings (SSSR count). The smallest absolute Gasteiger partial charge is 0.410 e. The summed E-state index contributed by atoms with van der Waals surface area (Å²) in [5.74, 6) is -2.14. The SMILES string of the molecule is CC(C)(C)OC(=O)N1CCC(c2ccc(F)c(F)c2)[C@H](CO)C1. The van der Waals surface area contributed by atoms with Crippen molar-refractivity contribution in [2.75, 3.05) is 19.7 Å². The van der Waals surface area contributed by atoms with Gasteiger partial charge in [0.25, 0.3) is 0 Å². The summed E-state index contributed by atoms with van der Waals surface area (Å²) in [4.78, 5) is 13.7. The van der Waals surface area contributed by atoms with Crippen LogP contribution in [-0.4, -0.2) is 41.4 Å². The second-order valence-corrected chi connectivity index (χ2v) is 6.94. The molecule has 1 aliphatic rings. The first kappa shape index (κ1) is 17.7. The molecule has 0 aromatic heterocycles. The molecule has 2 atom stereocenters. The van der Waals surface area contributed by atoms with Crippen molar-refractivity contribution in [1.82, 2.24) is 4.90 Å². The summed E-state index contributed by atoms with van der Waals surface area (Å²) >= 11 is 0. The lowest BCUT2D eigenvalue weighted by atomic mass is 9.81. The number of halogens is 2. The van der Waals surface area contributed by atoms with Crippen molar-refractivity contribution in [2.24, 2.45) is 5.92 Å². The predicted molar refractivity (Wildman–Crippen MR) is 82.1 cm³/mol. The molecule has 0 radical (unpaired) electrons. The highest BCUT2D eigenvalue weighted by Gasteiger charge is 2.34. The fraction of sp³-hybridized carbons (Fsp3) is 0.588. The molecule has 1 aliphatic heterocycles.